The van der Waals surface area contributed by atoms with Crippen LogP contribution in [0.25, 0.3) is 10.6 Å². The van der Waals surface area contributed by atoms with Gasteiger partial charge in [-0.05, 0) is 20.8 Å². The molecule has 2 aromatic rings. The molecule has 1 aromatic carbocycles. The fourth-order valence-electron chi connectivity index (χ4n) is 2.27. The molecule has 0 aliphatic carbocycles. The third kappa shape index (κ3) is 6.84. The van der Waals surface area contributed by atoms with Crippen molar-refractivity contribution < 1.29 is 4.74 Å². The SMILES string of the molecule is CCNC(=NCCOCC)NCCc1csc(-c2ccc(C)cc2)n1. The summed E-state index contributed by atoms with van der Waals surface area (Å²) >= 11 is 1.70. The first kappa shape index (κ1) is 19.4. The summed E-state index contributed by atoms with van der Waals surface area (Å²) in [5.74, 6) is 0.830. The molecular formula is C19H28N4OS. The number of hydrogen-bond acceptors (Lipinski definition) is 4. The predicted octanol–water partition coefficient (Wildman–Crippen LogP) is 3.25. The third-order valence-corrected chi connectivity index (χ3v) is 4.52. The molecule has 5 nitrogen and oxygen atoms in total. The van der Waals surface area contributed by atoms with Gasteiger partial charge < -0.3 is 15.4 Å². The number of nitrogens with one attached hydrogen (secondary N) is 2. The van der Waals surface area contributed by atoms with E-state index in [1.165, 1.54) is 11.1 Å². The van der Waals surface area contributed by atoms with E-state index in [0.717, 1.165) is 42.8 Å². The predicted molar refractivity (Wildman–Crippen MR) is 106 cm³/mol. The summed E-state index contributed by atoms with van der Waals surface area (Å²) in [5, 5.41) is 9.81. The highest BCUT2D eigenvalue weighted by molar-refractivity contribution is 7.13. The van der Waals surface area contributed by atoms with Crippen molar-refractivity contribution in [3.8, 4) is 10.6 Å². The second-order valence-corrected chi connectivity index (χ2v) is 6.50. The molecule has 0 atom stereocenters. The van der Waals surface area contributed by atoms with Crippen molar-refractivity contribution in [3.05, 3.63) is 40.9 Å². The molecule has 0 saturated heterocycles. The van der Waals surface area contributed by atoms with Crippen LogP contribution in [0.4, 0.5) is 0 Å². The summed E-state index contributed by atoms with van der Waals surface area (Å²) in [6, 6.07) is 8.51. The average molecular weight is 361 g/mol. The lowest BCUT2D eigenvalue weighted by Crippen LogP contribution is -2.38. The minimum absolute atomic E-state index is 0.652. The maximum atomic E-state index is 5.32. The Morgan fingerprint density at radius 3 is 2.72 bits per heavy atom. The van der Waals surface area contributed by atoms with Crippen LogP contribution in [0.5, 0.6) is 0 Å². The number of thiazole rings is 1. The van der Waals surface area contributed by atoms with Crippen molar-refractivity contribution in [1.29, 1.82) is 0 Å². The summed E-state index contributed by atoms with van der Waals surface area (Å²) in [6.07, 6.45) is 0.873. The smallest absolute Gasteiger partial charge is 0.191 e. The molecule has 136 valence electrons. The highest BCUT2D eigenvalue weighted by atomic mass is 32.1. The lowest BCUT2D eigenvalue weighted by atomic mass is 10.2. The number of guanidine groups is 1. The normalized spacial score (nSPS) is 11.6. The van der Waals surface area contributed by atoms with Gasteiger partial charge in [-0.25, -0.2) is 4.98 Å². The fourth-order valence-corrected chi connectivity index (χ4v) is 3.13. The van der Waals surface area contributed by atoms with E-state index in [1.807, 2.05) is 6.92 Å². The van der Waals surface area contributed by atoms with Crippen molar-refractivity contribution >= 4 is 17.3 Å². The standard InChI is InChI=1S/C19H28N4OS/c1-4-20-19(22-12-13-24-5-2)21-11-10-17-14-25-18(23-17)16-8-6-15(3)7-9-16/h6-9,14H,4-5,10-13H2,1-3H3,(H2,20,21,22). The molecule has 0 fully saturated rings. The maximum absolute atomic E-state index is 5.32. The molecular weight excluding hydrogens is 332 g/mol. The molecule has 2 rings (SSSR count). The monoisotopic (exact) mass is 360 g/mol. The van der Waals surface area contributed by atoms with E-state index < -0.39 is 0 Å². The van der Waals surface area contributed by atoms with E-state index in [2.05, 4.69) is 59.1 Å². The number of nitrogens with zero attached hydrogens (tertiary/aromatic N) is 2. The summed E-state index contributed by atoms with van der Waals surface area (Å²) in [7, 11) is 0. The van der Waals surface area contributed by atoms with E-state index >= 15 is 0 Å². The molecule has 0 bridgehead atoms. The number of aryl methyl sites for hydroxylation is 1. The summed E-state index contributed by atoms with van der Waals surface area (Å²) < 4.78 is 5.32. The van der Waals surface area contributed by atoms with Gasteiger partial charge in [-0.2, -0.15) is 0 Å². The minimum Gasteiger partial charge on any atom is -0.380 e. The van der Waals surface area contributed by atoms with Crippen molar-refractivity contribution in [2.45, 2.75) is 27.2 Å². The second-order valence-electron chi connectivity index (χ2n) is 5.64. The first-order valence-electron chi connectivity index (χ1n) is 8.84. The fraction of sp³-hybridized carbons (Fsp3) is 0.474. The summed E-state index contributed by atoms with van der Waals surface area (Å²) in [5.41, 5.74) is 3.56. The molecule has 6 heteroatoms. The Morgan fingerprint density at radius 2 is 2.00 bits per heavy atom. The van der Waals surface area contributed by atoms with Gasteiger partial charge in [-0.1, -0.05) is 29.8 Å². The molecule has 25 heavy (non-hydrogen) atoms. The number of rotatable bonds is 9. The third-order valence-electron chi connectivity index (χ3n) is 3.58. The van der Waals surface area contributed by atoms with Crippen molar-refractivity contribution in [3.63, 3.8) is 0 Å². The number of aliphatic imine (C=N–C) groups is 1. The lowest BCUT2D eigenvalue weighted by Gasteiger charge is -2.10. The Bertz CT molecular complexity index is 652. The van der Waals surface area contributed by atoms with Crippen LogP contribution in [0.1, 0.15) is 25.1 Å². The van der Waals surface area contributed by atoms with E-state index in [4.69, 9.17) is 9.72 Å². The van der Waals surface area contributed by atoms with Gasteiger partial charge in [-0.15, -0.1) is 11.3 Å². The molecule has 0 spiro atoms. The van der Waals surface area contributed by atoms with Crippen LogP contribution in [0.15, 0.2) is 34.6 Å². The number of aromatic nitrogens is 1. The highest BCUT2D eigenvalue weighted by Crippen LogP contribution is 2.24. The Morgan fingerprint density at radius 1 is 1.20 bits per heavy atom. The summed E-state index contributed by atoms with van der Waals surface area (Å²) in [6.45, 7) is 9.84. The quantitative estimate of drug-likeness (QED) is 0.409. The van der Waals surface area contributed by atoms with Gasteiger partial charge >= 0.3 is 0 Å². The van der Waals surface area contributed by atoms with Crippen molar-refractivity contribution in [2.75, 3.05) is 32.8 Å². The van der Waals surface area contributed by atoms with Crippen LogP contribution in [0.2, 0.25) is 0 Å². The van der Waals surface area contributed by atoms with Crippen LogP contribution in [-0.2, 0) is 11.2 Å². The Labute approximate surface area is 154 Å². The maximum Gasteiger partial charge on any atom is 0.191 e. The van der Waals surface area contributed by atoms with Crippen LogP contribution < -0.4 is 10.6 Å². The summed E-state index contributed by atoms with van der Waals surface area (Å²) in [4.78, 5) is 9.23. The van der Waals surface area contributed by atoms with Gasteiger partial charge in [0, 0.05) is 37.1 Å². The lowest BCUT2D eigenvalue weighted by molar-refractivity contribution is 0.155. The number of ether oxygens (including phenoxy) is 1. The molecule has 1 aromatic heterocycles. The van der Waals surface area contributed by atoms with Gasteiger partial charge in [0.25, 0.3) is 0 Å². The van der Waals surface area contributed by atoms with Gasteiger partial charge in [0.2, 0.25) is 0 Å². The average Bonchev–Trinajstić information content (AvgIpc) is 3.08. The first-order valence-corrected chi connectivity index (χ1v) is 9.72. The Hall–Kier alpha value is -1.92. The van der Waals surface area contributed by atoms with Crippen LogP contribution in [0.3, 0.4) is 0 Å². The minimum atomic E-state index is 0.652. The van der Waals surface area contributed by atoms with Crippen LogP contribution >= 0.6 is 11.3 Å². The zero-order valence-electron chi connectivity index (χ0n) is 15.3. The molecule has 0 amide bonds. The molecule has 1 heterocycles. The molecule has 0 radical (unpaired) electrons. The molecule has 0 unspecified atom stereocenters. The van der Waals surface area contributed by atoms with Crippen molar-refractivity contribution in [2.24, 2.45) is 4.99 Å². The highest BCUT2D eigenvalue weighted by Gasteiger charge is 2.05. The Balaban J connectivity index is 1.82. The van der Waals surface area contributed by atoms with Crippen LogP contribution in [-0.4, -0.2) is 43.8 Å². The molecule has 0 aliphatic rings. The van der Waals surface area contributed by atoms with Gasteiger partial charge in [0.15, 0.2) is 5.96 Å². The zero-order valence-corrected chi connectivity index (χ0v) is 16.2. The second kappa shape index (κ2) is 10.8. The van der Waals surface area contributed by atoms with E-state index in [9.17, 15) is 0 Å². The Kier molecular flexibility index (Phi) is 8.42. The van der Waals surface area contributed by atoms with E-state index in [1.54, 1.807) is 11.3 Å². The molecule has 0 saturated carbocycles. The molecule has 0 aliphatic heterocycles. The number of benzene rings is 1. The van der Waals surface area contributed by atoms with Gasteiger partial charge in [0.1, 0.15) is 5.01 Å². The van der Waals surface area contributed by atoms with Crippen LogP contribution in [0, 0.1) is 6.92 Å². The van der Waals surface area contributed by atoms with Gasteiger partial charge in [0.05, 0.1) is 18.8 Å². The van der Waals surface area contributed by atoms with Crippen molar-refractivity contribution in [1.82, 2.24) is 15.6 Å². The largest absolute Gasteiger partial charge is 0.380 e. The van der Waals surface area contributed by atoms with E-state index in [0.29, 0.717) is 13.2 Å². The first-order chi connectivity index (χ1) is 12.2. The van der Waals surface area contributed by atoms with Gasteiger partial charge in [-0.3, -0.25) is 4.99 Å². The topological polar surface area (TPSA) is 58.5 Å². The van der Waals surface area contributed by atoms with E-state index in [-0.39, 0.29) is 0 Å². The molecule has 2 N–H and O–H groups in total. The zero-order chi connectivity index (χ0) is 17.9. The number of hydrogen-bond donors (Lipinski definition) is 2.